The predicted molar refractivity (Wildman–Crippen MR) is 55.3 cm³/mol. The van der Waals surface area contributed by atoms with Crippen LogP contribution >= 0.6 is 0 Å². The Morgan fingerprint density at radius 3 is 2.93 bits per heavy atom. The van der Waals surface area contributed by atoms with Crippen molar-refractivity contribution in [2.45, 2.75) is 20.0 Å². The van der Waals surface area contributed by atoms with Crippen molar-refractivity contribution in [1.82, 2.24) is 9.55 Å². The van der Waals surface area contributed by atoms with Crippen LogP contribution in [0.5, 0.6) is 5.75 Å². The topological polar surface area (TPSA) is 27.1 Å². The highest BCUT2D eigenvalue weighted by Gasteiger charge is 2.03. The second kappa shape index (κ2) is 3.33. The molecule has 2 aromatic rings. The number of aryl methyl sites for hydroxylation is 1. The van der Waals surface area contributed by atoms with Crippen LogP contribution < -0.4 is 4.74 Å². The minimum Gasteiger partial charge on any atom is -0.491 e. The molecule has 1 radical (unpaired) electrons. The molecule has 3 heteroatoms. The van der Waals surface area contributed by atoms with E-state index in [9.17, 15) is 0 Å². The van der Waals surface area contributed by atoms with Gasteiger partial charge >= 0.3 is 0 Å². The first kappa shape index (κ1) is 9.06. The zero-order chi connectivity index (χ0) is 10.1. The molecule has 0 N–H and O–H groups in total. The van der Waals surface area contributed by atoms with Crippen LogP contribution in [0.3, 0.4) is 0 Å². The number of imidazole rings is 1. The van der Waals surface area contributed by atoms with Crippen molar-refractivity contribution in [2.75, 3.05) is 0 Å². The molecule has 1 heterocycles. The average molecular weight is 189 g/mol. The van der Waals surface area contributed by atoms with E-state index in [1.54, 1.807) is 0 Å². The molecule has 1 aromatic carbocycles. The van der Waals surface area contributed by atoms with Gasteiger partial charge in [-0.15, -0.1) is 0 Å². The summed E-state index contributed by atoms with van der Waals surface area (Å²) in [5, 5.41) is 0. The third-order valence-corrected chi connectivity index (χ3v) is 2.00. The lowest BCUT2D eigenvalue weighted by molar-refractivity contribution is 0.242. The van der Waals surface area contributed by atoms with Crippen molar-refractivity contribution in [1.29, 1.82) is 0 Å². The van der Waals surface area contributed by atoms with Gasteiger partial charge in [0.15, 0.2) is 6.33 Å². The number of fused-ring (bicyclic) bond motifs is 1. The van der Waals surface area contributed by atoms with Gasteiger partial charge in [-0.1, -0.05) is 0 Å². The van der Waals surface area contributed by atoms with Gasteiger partial charge in [0.2, 0.25) is 0 Å². The molecule has 0 amide bonds. The van der Waals surface area contributed by atoms with Crippen LogP contribution in [0.15, 0.2) is 18.2 Å². The quantitative estimate of drug-likeness (QED) is 0.723. The van der Waals surface area contributed by atoms with E-state index in [2.05, 4.69) is 11.3 Å². The van der Waals surface area contributed by atoms with Crippen LogP contribution in [0, 0.1) is 6.33 Å². The summed E-state index contributed by atoms with van der Waals surface area (Å²) in [4.78, 5) is 4.14. The van der Waals surface area contributed by atoms with Gasteiger partial charge in [-0.25, -0.2) is 4.98 Å². The maximum Gasteiger partial charge on any atom is 0.177 e. The van der Waals surface area contributed by atoms with Crippen LogP contribution in [0.25, 0.3) is 11.0 Å². The summed E-state index contributed by atoms with van der Waals surface area (Å²) in [6.45, 7) is 4.02. The number of aromatic nitrogens is 2. The van der Waals surface area contributed by atoms with E-state index in [0.29, 0.717) is 0 Å². The SMILES string of the molecule is CC(C)Oc1ccc2c(c1)n[c]n2C. The van der Waals surface area contributed by atoms with Crippen LogP contribution in [0.4, 0.5) is 0 Å². The highest BCUT2D eigenvalue weighted by atomic mass is 16.5. The highest BCUT2D eigenvalue weighted by Crippen LogP contribution is 2.19. The zero-order valence-corrected chi connectivity index (χ0v) is 8.61. The molecule has 0 saturated heterocycles. The molecule has 0 unspecified atom stereocenters. The van der Waals surface area contributed by atoms with Crippen molar-refractivity contribution in [2.24, 2.45) is 7.05 Å². The van der Waals surface area contributed by atoms with Gasteiger partial charge in [0, 0.05) is 13.1 Å². The molecule has 14 heavy (non-hydrogen) atoms. The molecule has 0 aliphatic rings. The molecule has 0 spiro atoms. The highest BCUT2D eigenvalue weighted by molar-refractivity contribution is 5.76. The average Bonchev–Trinajstić information content (AvgIpc) is 2.46. The van der Waals surface area contributed by atoms with Crippen LogP contribution in [-0.4, -0.2) is 15.7 Å². The van der Waals surface area contributed by atoms with E-state index in [4.69, 9.17) is 4.74 Å². The Balaban J connectivity index is 2.42. The Morgan fingerprint density at radius 2 is 2.21 bits per heavy atom. The molecule has 2 rings (SSSR count). The van der Waals surface area contributed by atoms with Gasteiger partial charge in [-0.3, -0.25) is 0 Å². The normalized spacial score (nSPS) is 11.1. The molecule has 0 aliphatic carbocycles. The van der Waals surface area contributed by atoms with Crippen molar-refractivity contribution in [3.63, 3.8) is 0 Å². The lowest BCUT2D eigenvalue weighted by atomic mass is 10.3. The number of ether oxygens (including phenoxy) is 1. The van der Waals surface area contributed by atoms with Gasteiger partial charge in [-0.05, 0) is 26.0 Å². The fourth-order valence-corrected chi connectivity index (χ4v) is 1.40. The van der Waals surface area contributed by atoms with E-state index < -0.39 is 0 Å². The zero-order valence-electron chi connectivity index (χ0n) is 8.61. The summed E-state index contributed by atoms with van der Waals surface area (Å²) in [5.41, 5.74) is 1.99. The molecule has 0 bridgehead atoms. The van der Waals surface area contributed by atoms with Crippen molar-refractivity contribution < 1.29 is 4.74 Å². The summed E-state index contributed by atoms with van der Waals surface area (Å²) in [7, 11) is 1.93. The Kier molecular flexibility index (Phi) is 2.15. The van der Waals surface area contributed by atoms with E-state index in [1.807, 2.05) is 43.7 Å². The summed E-state index contributed by atoms with van der Waals surface area (Å²) in [5.74, 6) is 0.861. The van der Waals surface area contributed by atoms with Crippen LogP contribution in [0.1, 0.15) is 13.8 Å². The molecule has 73 valence electrons. The summed E-state index contributed by atoms with van der Waals surface area (Å²) < 4.78 is 7.44. The fourth-order valence-electron chi connectivity index (χ4n) is 1.40. The lowest BCUT2D eigenvalue weighted by Gasteiger charge is -2.08. The first-order chi connectivity index (χ1) is 6.66. The van der Waals surface area contributed by atoms with Crippen LogP contribution in [-0.2, 0) is 7.05 Å². The maximum absolute atomic E-state index is 5.57. The van der Waals surface area contributed by atoms with Crippen molar-refractivity contribution in [3.8, 4) is 5.75 Å². The predicted octanol–water partition coefficient (Wildman–Crippen LogP) is 2.16. The second-order valence-corrected chi connectivity index (χ2v) is 3.59. The smallest absolute Gasteiger partial charge is 0.177 e. The Bertz CT molecular complexity index is 445. The van der Waals surface area contributed by atoms with Gasteiger partial charge in [0.25, 0.3) is 0 Å². The third kappa shape index (κ3) is 1.58. The van der Waals surface area contributed by atoms with E-state index in [1.165, 1.54) is 0 Å². The monoisotopic (exact) mass is 189 g/mol. The van der Waals surface area contributed by atoms with Crippen molar-refractivity contribution >= 4 is 11.0 Å². The first-order valence-electron chi connectivity index (χ1n) is 4.67. The number of rotatable bonds is 2. The molecule has 0 atom stereocenters. The van der Waals surface area contributed by atoms with E-state index in [0.717, 1.165) is 16.8 Å². The summed E-state index contributed by atoms with van der Waals surface area (Å²) >= 11 is 0. The lowest BCUT2D eigenvalue weighted by Crippen LogP contribution is -2.05. The summed E-state index contributed by atoms with van der Waals surface area (Å²) in [6.07, 6.45) is 3.06. The minimum atomic E-state index is 0.195. The molecule has 0 saturated carbocycles. The molecule has 0 aliphatic heterocycles. The number of benzene rings is 1. The van der Waals surface area contributed by atoms with Gasteiger partial charge in [0.1, 0.15) is 5.75 Å². The van der Waals surface area contributed by atoms with Gasteiger partial charge < -0.3 is 9.30 Å². The fraction of sp³-hybridized carbons (Fsp3) is 0.364. The Morgan fingerprint density at radius 1 is 1.43 bits per heavy atom. The Labute approximate surface area is 83.3 Å². The second-order valence-electron chi connectivity index (χ2n) is 3.59. The molecule has 1 aromatic heterocycles. The number of hydrogen-bond acceptors (Lipinski definition) is 2. The van der Waals surface area contributed by atoms with Gasteiger partial charge in [0.05, 0.1) is 17.1 Å². The maximum atomic E-state index is 5.57. The standard InChI is InChI=1S/C11H13N2O/c1-8(2)14-9-4-5-11-10(6-9)12-7-13(11)3/h4-6,8H,1-3H3. The molecule has 0 fully saturated rings. The summed E-state index contributed by atoms with van der Waals surface area (Å²) in [6, 6.07) is 5.89. The molecular weight excluding hydrogens is 176 g/mol. The Hall–Kier alpha value is -1.51. The van der Waals surface area contributed by atoms with Crippen molar-refractivity contribution in [3.05, 3.63) is 24.5 Å². The largest absolute Gasteiger partial charge is 0.491 e. The van der Waals surface area contributed by atoms with Crippen LogP contribution in [0.2, 0.25) is 0 Å². The molecular formula is C11H13N2O. The number of nitrogens with zero attached hydrogens (tertiary/aromatic N) is 2. The third-order valence-electron chi connectivity index (χ3n) is 2.00. The number of hydrogen-bond donors (Lipinski definition) is 0. The minimum absolute atomic E-state index is 0.195. The van der Waals surface area contributed by atoms with Gasteiger partial charge in [-0.2, -0.15) is 0 Å². The first-order valence-corrected chi connectivity index (χ1v) is 4.67. The molecule has 3 nitrogen and oxygen atoms in total. The van der Waals surface area contributed by atoms with E-state index in [-0.39, 0.29) is 6.10 Å². The van der Waals surface area contributed by atoms with E-state index >= 15 is 0 Å².